The van der Waals surface area contributed by atoms with Gasteiger partial charge in [0.2, 0.25) is 5.91 Å². The molecule has 1 aromatic carbocycles. The molecule has 0 aliphatic rings. The number of nitrogens with one attached hydrogen (secondary N) is 2. The van der Waals surface area contributed by atoms with Crippen molar-refractivity contribution in [2.45, 2.75) is 33.2 Å². The number of carbonyl (C=O) groups excluding carboxylic acids is 3. The average molecular weight is 432 g/mol. The molecule has 0 bridgehead atoms. The summed E-state index contributed by atoms with van der Waals surface area (Å²) < 4.78 is 0.513. The molecule has 0 saturated carbocycles. The quantitative estimate of drug-likeness (QED) is 0.486. The van der Waals surface area contributed by atoms with Gasteiger partial charge in [0.25, 0.3) is 5.91 Å². The maximum absolute atomic E-state index is 12.6. The molecule has 6 nitrogen and oxygen atoms in total. The molecule has 0 aliphatic carbocycles. The van der Waals surface area contributed by atoms with Crippen molar-refractivity contribution in [2.24, 2.45) is 5.92 Å². The van der Waals surface area contributed by atoms with Crippen molar-refractivity contribution >= 4 is 40.5 Å². The molecular weight excluding hydrogens is 410 g/mol. The molecule has 29 heavy (non-hydrogen) atoms. The van der Waals surface area contributed by atoms with Crippen LogP contribution in [0.15, 0.2) is 30.3 Å². The summed E-state index contributed by atoms with van der Waals surface area (Å²) in [5.41, 5.74) is 1.93. The first-order chi connectivity index (χ1) is 13.7. The van der Waals surface area contributed by atoms with Crippen LogP contribution in [0.1, 0.15) is 47.2 Å². The summed E-state index contributed by atoms with van der Waals surface area (Å²) >= 11 is 7.46. The van der Waals surface area contributed by atoms with Crippen molar-refractivity contribution in [3.05, 3.63) is 45.1 Å². The number of Topliss-reactive ketones (excluding diaryl/α,β-unsaturated/α-hetero) is 1. The van der Waals surface area contributed by atoms with Crippen molar-refractivity contribution in [2.75, 3.05) is 6.54 Å². The topological polar surface area (TPSA) is 99.1 Å². The fourth-order valence-electron chi connectivity index (χ4n) is 2.73. The van der Waals surface area contributed by atoms with Crippen molar-refractivity contribution < 1.29 is 14.4 Å². The van der Waals surface area contributed by atoms with Crippen LogP contribution in [-0.4, -0.2) is 30.2 Å². The maximum atomic E-state index is 12.6. The van der Waals surface area contributed by atoms with Gasteiger partial charge in [-0.25, -0.2) is 0 Å². The number of benzene rings is 1. The maximum Gasteiger partial charge on any atom is 0.251 e. The number of thiophene rings is 1. The second kappa shape index (κ2) is 10.2. The minimum Gasteiger partial charge on any atom is -0.341 e. The largest absolute Gasteiger partial charge is 0.341 e. The van der Waals surface area contributed by atoms with Gasteiger partial charge in [0.1, 0.15) is 16.9 Å². The minimum atomic E-state index is -0.722. The van der Waals surface area contributed by atoms with E-state index in [4.69, 9.17) is 16.9 Å². The molecule has 2 rings (SSSR count). The lowest BCUT2D eigenvalue weighted by Crippen LogP contribution is -2.47. The number of hydrogen-bond acceptors (Lipinski definition) is 5. The molecule has 0 radical (unpaired) electrons. The van der Waals surface area contributed by atoms with E-state index in [9.17, 15) is 14.4 Å². The Labute approximate surface area is 178 Å². The first-order valence-corrected chi connectivity index (χ1v) is 10.3. The van der Waals surface area contributed by atoms with Crippen LogP contribution in [0.2, 0.25) is 4.34 Å². The molecular formula is C21H22ClN3O3S. The first-order valence-electron chi connectivity index (χ1n) is 9.09. The van der Waals surface area contributed by atoms with Gasteiger partial charge in [0.15, 0.2) is 5.78 Å². The average Bonchev–Trinajstić information content (AvgIpc) is 3.07. The zero-order chi connectivity index (χ0) is 21.6. The highest BCUT2D eigenvalue weighted by atomic mass is 35.5. The lowest BCUT2D eigenvalue weighted by molar-refractivity contribution is -0.123. The summed E-state index contributed by atoms with van der Waals surface area (Å²) in [5, 5.41) is 13.9. The molecule has 1 atom stereocenters. The summed E-state index contributed by atoms with van der Waals surface area (Å²) in [6, 6.07) is 9.66. The summed E-state index contributed by atoms with van der Waals surface area (Å²) in [7, 11) is 0. The van der Waals surface area contributed by atoms with Crippen LogP contribution in [-0.2, 0) is 4.79 Å². The Hall–Kier alpha value is -2.69. The number of rotatable bonds is 8. The van der Waals surface area contributed by atoms with E-state index in [0.29, 0.717) is 21.2 Å². The predicted octanol–water partition coefficient (Wildman–Crippen LogP) is 4.06. The molecule has 0 aliphatic heterocycles. The van der Waals surface area contributed by atoms with E-state index < -0.39 is 6.04 Å². The molecule has 152 valence electrons. The normalized spacial score (nSPS) is 11.6. The Morgan fingerprint density at radius 2 is 1.86 bits per heavy atom. The van der Waals surface area contributed by atoms with Crippen LogP contribution in [0, 0.1) is 17.2 Å². The molecule has 8 heteroatoms. The van der Waals surface area contributed by atoms with E-state index in [1.54, 1.807) is 30.3 Å². The van der Waals surface area contributed by atoms with Crippen molar-refractivity contribution in [1.82, 2.24) is 10.6 Å². The second-order valence-electron chi connectivity index (χ2n) is 6.96. The third kappa shape index (κ3) is 6.14. The SMILES string of the molecule is CC(=O)c1cc(-c2ccc(C(=O)N[C@@H](CC(C)C)C(=O)NCC#N)cc2)c(Cl)s1. The molecule has 0 spiro atoms. The van der Waals surface area contributed by atoms with Crippen molar-refractivity contribution in [1.29, 1.82) is 5.26 Å². The van der Waals surface area contributed by atoms with Gasteiger partial charge in [-0.15, -0.1) is 11.3 Å². The Morgan fingerprint density at radius 1 is 1.21 bits per heavy atom. The zero-order valence-electron chi connectivity index (χ0n) is 16.4. The number of hydrogen-bond donors (Lipinski definition) is 2. The highest BCUT2D eigenvalue weighted by Crippen LogP contribution is 2.36. The van der Waals surface area contributed by atoms with E-state index in [1.807, 2.05) is 19.9 Å². The Morgan fingerprint density at radius 3 is 2.38 bits per heavy atom. The van der Waals surface area contributed by atoms with Crippen molar-refractivity contribution in [3.63, 3.8) is 0 Å². The highest BCUT2D eigenvalue weighted by Gasteiger charge is 2.22. The summed E-state index contributed by atoms with van der Waals surface area (Å²) in [6.07, 6.45) is 0.458. The standard InChI is InChI=1S/C21H22ClN3O3S/c1-12(2)10-17(21(28)24-9-8-23)25-20(27)15-6-4-14(5-7-15)16-11-18(13(3)26)29-19(16)22/h4-7,11-12,17H,9-10H2,1-3H3,(H,24,28)(H,25,27)/t17-/m0/s1. The van der Waals surface area contributed by atoms with Gasteiger partial charge in [-0.3, -0.25) is 14.4 Å². The van der Waals surface area contributed by atoms with Crippen LogP contribution >= 0.6 is 22.9 Å². The van der Waals surface area contributed by atoms with Gasteiger partial charge in [-0.1, -0.05) is 37.6 Å². The third-order valence-corrected chi connectivity index (χ3v) is 5.62. The number of nitrogens with zero attached hydrogens (tertiary/aromatic N) is 1. The number of halogens is 1. The Balaban J connectivity index is 2.15. The van der Waals surface area contributed by atoms with Gasteiger partial charge >= 0.3 is 0 Å². The third-order valence-electron chi connectivity index (χ3n) is 4.16. The fourth-order valence-corrected chi connectivity index (χ4v) is 3.95. The Bertz CT molecular complexity index is 945. The lowest BCUT2D eigenvalue weighted by atomic mass is 10.0. The summed E-state index contributed by atoms with van der Waals surface area (Å²) in [6.45, 7) is 5.28. The number of nitriles is 1. The van der Waals surface area contributed by atoms with Crippen molar-refractivity contribution in [3.8, 4) is 17.2 Å². The first kappa shape index (κ1) is 22.6. The van der Waals surface area contributed by atoms with E-state index in [1.165, 1.54) is 18.3 Å². The van der Waals surface area contributed by atoms with E-state index in [-0.39, 0.29) is 30.1 Å². The summed E-state index contributed by atoms with van der Waals surface area (Å²) in [5.74, 6) is -0.626. The number of amides is 2. The monoisotopic (exact) mass is 431 g/mol. The lowest BCUT2D eigenvalue weighted by Gasteiger charge is -2.19. The van der Waals surface area contributed by atoms with E-state index in [2.05, 4.69) is 10.6 Å². The molecule has 1 heterocycles. The highest BCUT2D eigenvalue weighted by molar-refractivity contribution is 7.18. The number of carbonyl (C=O) groups is 3. The molecule has 2 N–H and O–H groups in total. The zero-order valence-corrected chi connectivity index (χ0v) is 18.0. The van der Waals surface area contributed by atoms with E-state index >= 15 is 0 Å². The van der Waals surface area contributed by atoms with Gasteiger partial charge in [0.05, 0.1) is 10.9 Å². The van der Waals surface area contributed by atoms with Crippen LogP contribution in [0.25, 0.3) is 11.1 Å². The Kier molecular flexibility index (Phi) is 7.94. The van der Waals surface area contributed by atoms with Gasteiger partial charge < -0.3 is 10.6 Å². The molecule has 2 amide bonds. The fraction of sp³-hybridized carbons (Fsp3) is 0.333. The van der Waals surface area contributed by atoms with Crippen LogP contribution in [0.5, 0.6) is 0 Å². The van der Waals surface area contributed by atoms with Crippen LogP contribution in [0.3, 0.4) is 0 Å². The predicted molar refractivity (Wildman–Crippen MR) is 114 cm³/mol. The number of ketones is 1. The van der Waals surface area contributed by atoms with E-state index in [0.717, 1.165) is 11.1 Å². The minimum absolute atomic E-state index is 0.0509. The molecule has 2 aromatic rings. The van der Waals surface area contributed by atoms with Gasteiger partial charge in [-0.05, 0) is 43.0 Å². The van der Waals surface area contributed by atoms with Crippen LogP contribution in [0.4, 0.5) is 0 Å². The van der Waals surface area contributed by atoms with Crippen LogP contribution < -0.4 is 10.6 Å². The molecule has 1 aromatic heterocycles. The molecule has 0 saturated heterocycles. The van der Waals surface area contributed by atoms with Gasteiger partial charge in [0, 0.05) is 11.1 Å². The summed E-state index contributed by atoms with van der Waals surface area (Å²) in [4.78, 5) is 36.9. The molecule has 0 unspecified atom stereocenters. The smallest absolute Gasteiger partial charge is 0.251 e. The second-order valence-corrected chi connectivity index (χ2v) is 8.62. The van der Waals surface area contributed by atoms with Gasteiger partial charge in [-0.2, -0.15) is 5.26 Å². The molecule has 0 fully saturated rings.